The number of hydrogen-bond acceptors (Lipinski definition) is 3. The average molecular weight is 318 g/mol. The van der Waals surface area contributed by atoms with Gasteiger partial charge in [-0.25, -0.2) is 0 Å². The van der Waals surface area contributed by atoms with Crippen molar-refractivity contribution in [3.8, 4) is 16.9 Å². The van der Waals surface area contributed by atoms with Crippen LogP contribution in [0.4, 0.5) is 0 Å². The molecule has 1 aromatic heterocycles. The van der Waals surface area contributed by atoms with E-state index in [4.69, 9.17) is 9.72 Å². The number of aryl methyl sites for hydroxylation is 1. The highest BCUT2D eigenvalue weighted by atomic mass is 16.5. The molecule has 3 heteroatoms. The van der Waals surface area contributed by atoms with Crippen LogP contribution in [0.3, 0.4) is 0 Å². The van der Waals surface area contributed by atoms with Gasteiger partial charge < -0.3 is 10.1 Å². The molecule has 0 saturated carbocycles. The summed E-state index contributed by atoms with van der Waals surface area (Å²) in [5, 5.41) is 4.54. The maximum atomic E-state index is 6.09. The molecule has 0 unspecified atom stereocenters. The van der Waals surface area contributed by atoms with Gasteiger partial charge in [0, 0.05) is 16.6 Å². The molecule has 1 saturated heterocycles. The molecule has 4 rings (SSSR count). The molecule has 0 spiro atoms. The number of aromatic nitrogens is 1. The van der Waals surface area contributed by atoms with Crippen molar-refractivity contribution >= 4 is 10.9 Å². The van der Waals surface area contributed by atoms with Gasteiger partial charge in [-0.1, -0.05) is 30.3 Å². The molecule has 0 bridgehead atoms. The first-order valence-corrected chi connectivity index (χ1v) is 8.64. The molecule has 0 radical (unpaired) electrons. The lowest BCUT2D eigenvalue weighted by Crippen LogP contribution is -2.34. The molecule has 3 nitrogen and oxygen atoms in total. The van der Waals surface area contributed by atoms with Crippen LogP contribution in [-0.4, -0.2) is 24.2 Å². The van der Waals surface area contributed by atoms with E-state index in [2.05, 4.69) is 60.8 Å². The van der Waals surface area contributed by atoms with E-state index in [9.17, 15) is 0 Å². The van der Waals surface area contributed by atoms with Crippen LogP contribution in [0.15, 0.2) is 54.6 Å². The van der Waals surface area contributed by atoms with Gasteiger partial charge in [-0.15, -0.1) is 0 Å². The highest BCUT2D eigenvalue weighted by molar-refractivity contribution is 5.84. The lowest BCUT2D eigenvalue weighted by molar-refractivity contribution is 0.162. The summed E-state index contributed by atoms with van der Waals surface area (Å²) in [6, 6.07) is 18.9. The van der Waals surface area contributed by atoms with Gasteiger partial charge in [0.2, 0.25) is 0 Å². The first-order valence-electron chi connectivity index (χ1n) is 8.64. The van der Waals surface area contributed by atoms with Crippen molar-refractivity contribution in [2.24, 2.45) is 0 Å². The lowest BCUT2D eigenvalue weighted by Gasteiger charge is -2.23. The first-order chi connectivity index (χ1) is 11.8. The van der Waals surface area contributed by atoms with E-state index in [-0.39, 0.29) is 0 Å². The third-order valence-corrected chi connectivity index (χ3v) is 4.67. The second-order valence-corrected chi connectivity index (χ2v) is 6.41. The molecular weight excluding hydrogens is 296 g/mol. The molecule has 122 valence electrons. The lowest BCUT2D eigenvalue weighted by atomic mass is 10.0. The Morgan fingerprint density at radius 3 is 2.54 bits per heavy atom. The summed E-state index contributed by atoms with van der Waals surface area (Å²) in [7, 11) is 0. The Balaban J connectivity index is 1.59. The fraction of sp³-hybridized carbons (Fsp3) is 0.286. The van der Waals surface area contributed by atoms with Gasteiger partial charge in [0.25, 0.3) is 0 Å². The number of nitrogens with one attached hydrogen (secondary N) is 1. The second-order valence-electron chi connectivity index (χ2n) is 6.41. The van der Waals surface area contributed by atoms with E-state index in [1.54, 1.807) is 0 Å². The number of fused-ring (bicyclic) bond motifs is 1. The van der Waals surface area contributed by atoms with Crippen LogP contribution < -0.4 is 10.1 Å². The number of hydrogen-bond donors (Lipinski definition) is 1. The number of piperidine rings is 1. The van der Waals surface area contributed by atoms with Crippen molar-refractivity contribution in [1.29, 1.82) is 0 Å². The van der Waals surface area contributed by atoms with Crippen molar-refractivity contribution in [3.63, 3.8) is 0 Å². The summed E-state index contributed by atoms with van der Waals surface area (Å²) in [4.78, 5) is 4.73. The quantitative estimate of drug-likeness (QED) is 0.780. The number of ether oxygens (including phenoxy) is 1. The number of pyridine rings is 1. The van der Waals surface area contributed by atoms with Gasteiger partial charge in [-0.2, -0.15) is 0 Å². The third kappa shape index (κ3) is 3.13. The monoisotopic (exact) mass is 318 g/mol. The van der Waals surface area contributed by atoms with E-state index in [1.165, 1.54) is 16.5 Å². The van der Waals surface area contributed by atoms with Gasteiger partial charge in [0.15, 0.2) is 0 Å². The van der Waals surface area contributed by atoms with Crippen molar-refractivity contribution in [2.75, 3.05) is 13.1 Å². The SMILES string of the molecule is Cc1nc2ccccc2cc1-c1ccc(OC2CCNCC2)cc1. The van der Waals surface area contributed by atoms with Gasteiger partial charge in [0.05, 0.1) is 5.52 Å². The van der Waals surface area contributed by atoms with E-state index in [1.807, 2.05) is 6.07 Å². The number of nitrogens with zero attached hydrogens (tertiary/aromatic N) is 1. The van der Waals surface area contributed by atoms with Crippen LogP contribution in [0.2, 0.25) is 0 Å². The second kappa shape index (κ2) is 6.62. The summed E-state index contributed by atoms with van der Waals surface area (Å²) in [6.07, 6.45) is 2.49. The Morgan fingerprint density at radius 2 is 1.75 bits per heavy atom. The minimum absolute atomic E-state index is 0.334. The van der Waals surface area contributed by atoms with Crippen LogP contribution >= 0.6 is 0 Å². The Kier molecular flexibility index (Phi) is 4.18. The highest BCUT2D eigenvalue weighted by Crippen LogP contribution is 2.28. The Bertz CT molecular complexity index is 836. The Labute approximate surface area is 142 Å². The summed E-state index contributed by atoms with van der Waals surface area (Å²) >= 11 is 0. The number of benzene rings is 2. The average Bonchev–Trinajstić information content (AvgIpc) is 2.63. The summed E-state index contributed by atoms with van der Waals surface area (Å²) < 4.78 is 6.09. The third-order valence-electron chi connectivity index (χ3n) is 4.67. The van der Waals surface area contributed by atoms with E-state index < -0.39 is 0 Å². The minimum Gasteiger partial charge on any atom is -0.490 e. The molecule has 2 heterocycles. The smallest absolute Gasteiger partial charge is 0.119 e. The van der Waals surface area contributed by atoms with Crippen molar-refractivity contribution < 1.29 is 4.74 Å². The van der Waals surface area contributed by atoms with Gasteiger partial charge >= 0.3 is 0 Å². The minimum atomic E-state index is 0.334. The molecule has 3 aromatic rings. The summed E-state index contributed by atoms with van der Waals surface area (Å²) in [6.45, 7) is 4.16. The molecule has 0 atom stereocenters. The number of rotatable bonds is 3. The molecule has 1 aliphatic heterocycles. The van der Waals surface area contributed by atoms with E-state index >= 15 is 0 Å². The molecule has 0 amide bonds. The zero-order valence-electron chi connectivity index (χ0n) is 14.0. The van der Waals surface area contributed by atoms with Gasteiger partial charge in [-0.3, -0.25) is 4.98 Å². The van der Waals surface area contributed by atoms with E-state index in [0.717, 1.165) is 42.9 Å². The molecule has 1 fully saturated rings. The van der Waals surface area contributed by atoms with Crippen LogP contribution in [0.5, 0.6) is 5.75 Å². The molecular formula is C21H22N2O. The van der Waals surface area contributed by atoms with Crippen molar-refractivity contribution in [1.82, 2.24) is 10.3 Å². The molecule has 1 aliphatic rings. The van der Waals surface area contributed by atoms with Crippen molar-refractivity contribution in [2.45, 2.75) is 25.9 Å². The fourth-order valence-electron chi connectivity index (χ4n) is 3.32. The first kappa shape index (κ1) is 15.2. The van der Waals surface area contributed by atoms with Gasteiger partial charge in [0.1, 0.15) is 11.9 Å². The zero-order chi connectivity index (χ0) is 16.4. The maximum Gasteiger partial charge on any atom is 0.119 e. The highest BCUT2D eigenvalue weighted by Gasteiger charge is 2.14. The molecule has 0 aliphatic carbocycles. The standard InChI is InChI=1S/C21H22N2O/c1-15-20(14-17-4-2-3-5-21(17)23-15)16-6-8-18(9-7-16)24-19-10-12-22-13-11-19/h2-9,14,19,22H,10-13H2,1H3. The predicted octanol–water partition coefficient (Wildman–Crippen LogP) is 4.34. The topological polar surface area (TPSA) is 34.1 Å². The van der Waals surface area contributed by atoms with Crippen LogP contribution in [0, 0.1) is 6.92 Å². The molecule has 24 heavy (non-hydrogen) atoms. The van der Waals surface area contributed by atoms with Crippen LogP contribution in [0.25, 0.3) is 22.0 Å². The largest absolute Gasteiger partial charge is 0.490 e. The van der Waals surface area contributed by atoms with Crippen LogP contribution in [0.1, 0.15) is 18.5 Å². The predicted molar refractivity (Wildman–Crippen MR) is 98.4 cm³/mol. The molecule has 2 aromatic carbocycles. The normalized spacial score (nSPS) is 15.5. The van der Waals surface area contributed by atoms with Gasteiger partial charge in [-0.05, 0) is 62.7 Å². The van der Waals surface area contributed by atoms with Crippen molar-refractivity contribution in [3.05, 3.63) is 60.3 Å². The fourth-order valence-corrected chi connectivity index (χ4v) is 3.32. The summed E-state index contributed by atoms with van der Waals surface area (Å²) in [5.74, 6) is 0.956. The number of para-hydroxylation sites is 1. The zero-order valence-corrected chi connectivity index (χ0v) is 14.0. The summed E-state index contributed by atoms with van der Waals surface area (Å²) in [5.41, 5.74) is 4.47. The Morgan fingerprint density at radius 1 is 1.00 bits per heavy atom. The van der Waals surface area contributed by atoms with E-state index in [0.29, 0.717) is 6.10 Å². The maximum absolute atomic E-state index is 6.09. The molecule has 1 N–H and O–H groups in total. The Hall–Kier alpha value is -2.39. The van der Waals surface area contributed by atoms with Crippen LogP contribution in [-0.2, 0) is 0 Å².